The minimum Gasteiger partial charge on any atom is -0.412 e. The zero-order valence-electron chi connectivity index (χ0n) is 3.71. The van der Waals surface area contributed by atoms with Crippen LogP contribution in [0.4, 0.5) is 0 Å². The summed E-state index contributed by atoms with van der Waals surface area (Å²) in [5.41, 5.74) is 0. The first-order chi connectivity index (χ1) is 0. The maximum absolute atomic E-state index is 0. The van der Waals surface area contributed by atoms with Crippen molar-refractivity contribution in [1.29, 1.82) is 0 Å². The van der Waals surface area contributed by atoms with Gasteiger partial charge >= 0.3 is 0 Å². The summed E-state index contributed by atoms with van der Waals surface area (Å²) in [6.07, 6.45) is 0. The molecule has 8 heavy (non-hydrogen) atoms. The molecule has 0 aliphatic carbocycles. The van der Waals surface area contributed by atoms with Crippen LogP contribution < -0.4 is 0 Å². The molecule has 0 heterocycles. The summed E-state index contributed by atoms with van der Waals surface area (Å²) in [4.78, 5) is 0. The second kappa shape index (κ2) is 360. The second-order valence-electron chi connectivity index (χ2n) is 0. The fourth-order valence-corrected chi connectivity index (χ4v) is 0. The van der Waals surface area contributed by atoms with Crippen LogP contribution in [0.15, 0.2) is 0 Å². The first-order valence-corrected chi connectivity index (χ1v) is 0. The van der Waals surface area contributed by atoms with E-state index in [0.29, 0.717) is 0 Å². The van der Waals surface area contributed by atoms with Crippen molar-refractivity contribution in [2.75, 3.05) is 0 Å². The van der Waals surface area contributed by atoms with Crippen LogP contribution in [0.25, 0.3) is 0 Å². The number of hydrogen-bond acceptors (Lipinski definition) is 0. The Morgan fingerprint density at radius 2 is 0.375 bits per heavy atom. The zero-order chi connectivity index (χ0) is 0. The van der Waals surface area contributed by atoms with E-state index >= 15 is 0 Å². The minimum absolute atomic E-state index is 0. The van der Waals surface area contributed by atoms with Gasteiger partial charge in [0, 0.05) is 45.1 Å². The van der Waals surface area contributed by atoms with Crippen LogP contribution in [-0.4, -0.2) is 38.3 Å². The van der Waals surface area contributed by atoms with Crippen molar-refractivity contribution in [1.82, 2.24) is 0 Å². The van der Waals surface area contributed by atoms with Crippen LogP contribution >= 0.6 is 0 Å². The van der Waals surface area contributed by atoms with Gasteiger partial charge in [0.05, 0.1) is 0 Å². The Kier molecular flexibility index (Phi) is 23700. The van der Waals surface area contributed by atoms with Gasteiger partial charge in [0.25, 0.3) is 0 Å². The van der Waals surface area contributed by atoms with Crippen molar-refractivity contribution in [2.45, 2.75) is 0 Å². The van der Waals surface area contributed by atoms with Crippen LogP contribution in [0.5, 0.6) is 0 Å². The summed E-state index contributed by atoms with van der Waals surface area (Å²) < 4.78 is 0. The number of rotatable bonds is 0. The Labute approximate surface area is 72.7 Å². The zero-order valence-corrected chi connectivity index (χ0v) is 6.92. The molecule has 8 heteroatoms. The van der Waals surface area contributed by atoms with Crippen LogP contribution in [-0.2, 0) is 34.1 Å². The molecule has 0 bridgehead atoms. The molecule has 60 valence electrons. The first-order valence-electron chi connectivity index (χ1n) is 0. The Hall–Kier alpha value is 1.06. The average molecular weight is 230 g/mol. The van der Waals surface area contributed by atoms with Gasteiger partial charge in [-0.15, -0.1) is 0 Å². The average Bonchev–Trinajstić information content (AvgIpc) is 0. The van der Waals surface area contributed by atoms with Gasteiger partial charge in [0.1, 0.15) is 0 Å². The Bertz CT molecular complexity index is 10.4. The van der Waals surface area contributed by atoms with E-state index in [2.05, 4.69) is 0 Å². The summed E-state index contributed by atoms with van der Waals surface area (Å²) >= 11 is 0. The van der Waals surface area contributed by atoms with Gasteiger partial charge in [-0.2, -0.15) is 0 Å². The molecule has 0 unspecified atom stereocenters. The fourth-order valence-electron chi connectivity index (χ4n) is 0. The molecule has 0 rings (SSSR count). The van der Waals surface area contributed by atoms with Crippen molar-refractivity contribution in [3.05, 3.63) is 0 Å². The van der Waals surface area contributed by atoms with E-state index < -0.39 is 0 Å². The Morgan fingerprint density at radius 3 is 0.375 bits per heavy atom. The fraction of sp³-hybridized carbons (Fsp3) is 0. The summed E-state index contributed by atoms with van der Waals surface area (Å²) in [6, 6.07) is 0. The van der Waals surface area contributed by atoms with Gasteiger partial charge in [-0.3, -0.25) is 0 Å². The minimum atomic E-state index is 0. The Balaban J connectivity index is 0. The standard InChI is InChI=1S/2Fe.5H2O.Si/h;;5*1H2;. The van der Waals surface area contributed by atoms with E-state index in [4.69, 9.17) is 0 Å². The predicted octanol–water partition coefficient (Wildman–Crippen LogP) is -4.51. The van der Waals surface area contributed by atoms with E-state index in [1.165, 1.54) is 0 Å². The molecule has 0 aliphatic rings. The SMILES string of the molecule is O.O.O.O.O.[Fe].[Fe].[Si]. The molecular weight excluding hydrogens is 220 g/mol. The predicted molar refractivity (Wildman–Crippen MR) is 23.8 cm³/mol. The normalized spacial score (nSPS) is 0. The van der Waals surface area contributed by atoms with Crippen LogP contribution in [0.2, 0.25) is 0 Å². The third-order valence-electron chi connectivity index (χ3n) is 0. The molecule has 0 spiro atoms. The molecule has 10 N–H and O–H groups in total. The van der Waals surface area contributed by atoms with Crippen molar-refractivity contribution < 1.29 is 61.5 Å². The van der Waals surface area contributed by atoms with Gasteiger partial charge in [0.2, 0.25) is 0 Å². The maximum atomic E-state index is 0. The summed E-state index contributed by atoms with van der Waals surface area (Å²) in [6.45, 7) is 0. The molecule has 5 nitrogen and oxygen atoms in total. The van der Waals surface area contributed by atoms with Gasteiger partial charge in [-0.05, 0) is 0 Å². The summed E-state index contributed by atoms with van der Waals surface area (Å²) in [5, 5.41) is 0. The van der Waals surface area contributed by atoms with Gasteiger partial charge in [0.15, 0.2) is 0 Å². The van der Waals surface area contributed by atoms with Crippen molar-refractivity contribution in [2.24, 2.45) is 0 Å². The van der Waals surface area contributed by atoms with Gasteiger partial charge in [-0.25, -0.2) is 0 Å². The summed E-state index contributed by atoms with van der Waals surface area (Å²) in [7, 11) is 0. The van der Waals surface area contributed by atoms with E-state index in [1.54, 1.807) is 0 Å². The molecule has 0 aromatic rings. The molecule has 0 aromatic heterocycles. The largest absolute Gasteiger partial charge is 0.412 e. The van der Waals surface area contributed by atoms with E-state index in [1.807, 2.05) is 0 Å². The second-order valence-corrected chi connectivity index (χ2v) is 0. The molecule has 0 saturated heterocycles. The van der Waals surface area contributed by atoms with Gasteiger partial charge < -0.3 is 27.4 Å². The molecule has 0 fully saturated rings. The van der Waals surface area contributed by atoms with Crippen molar-refractivity contribution in [3.63, 3.8) is 0 Å². The smallest absolute Gasteiger partial charge is 0 e. The van der Waals surface area contributed by atoms with Crippen LogP contribution in [0.1, 0.15) is 0 Å². The molecule has 0 atom stereocenters. The van der Waals surface area contributed by atoms with E-state index in [0.717, 1.165) is 0 Å². The molecule has 0 amide bonds. The molecule has 4 radical (unpaired) electrons. The van der Waals surface area contributed by atoms with Crippen LogP contribution in [0.3, 0.4) is 0 Å². The Morgan fingerprint density at radius 1 is 0.375 bits per heavy atom. The first kappa shape index (κ1) is 527. The van der Waals surface area contributed by atoms with E-state index in [-0.39, 0.29) is 72.5 Å². The number of hydrogen-bond donors (Lipinski definition) is 0. The molecule has 0 aliphatic heterocycles. The van der Waals surface area contributed by atoms with Crippen molar-refractivity contribution in [3.8, 4) is 0 Å². The molecule has 0 aromatic carbocycles. The quantitative estimate of drug-likeness (QED) is 0.367. The maximum Gasteiger partial charge on any atom is 0 e. The van der Waals surface area contributed by atoms with Crippen molar-refractivity contribution >= 4 is 11.0 Å². The summed E-state index contributed by atoms with van der Waals surface area (Å²) in [5.74, 6) is 0. The van der Waals surface area contributed by atoms with Crippen LogP contribution in [0, 0.1) is 0 Å². The molecule has 0 saturated carbocycles. The third kappa shape index (κ3) is 232. The monoisotopic (exact) mass is 230 g/mol. The molecular formula is H10Fe2O5Si. The van der Waals surface area contributed by atoms with Gasteiger partial charge in [-0.1, -0.05) is 0 Å². The third-order valence-corrected chi connectivity index (χ3v) is 0. The van der Waals surface area contributed by atoms with E-state index in [9.17, 15) is 0 Å². The topological polar surface area (TPSA) is 158 Å².